The maximum absolute atomic E-state index is 2.52. The summed E-state index contributed by atoms with van der Waals surface area (Å²) in [5.41, 5.74) is 19.7. The second kappa shape index (κ2) is 6.72. The molecule has 0 aromatic heterocycles. The Labute approximate surface area is 191 Å². The molecule has 0 unspecified atom stereocenters. The Kier molecular flexibility index (Phi) is 4.91. The summed E-state index contributed by atoms with van der Waals surface area (Å²) >= 11 is 0. The van der Waals surface area contributed by atoms with Crippen molar-refractivity contribution in [1.29, 1.82) is 0 Å². The van der Waals surface area contributed by atoms with Gasteiger partial charge in [-0.2, -0.15) is 0 Å². The topological polar surface area (TPSA) is 0 Å². The number of rotatable bonds is 0. The van der Waals surface area contributed by atoms with Crippen LogP contribution in [0.2, 0.25) is 0 Å². The summed E-state index contributed by atoms with van der Waals surface area (Å²) in [4.78, 5) is 0. The van der Waals surface area contributed by atoms with Crippen molar-refractivity contribution in [3.8, 4) is 0 Å². The molecule has 0 aliphatic heterocycles. The normalized spacial score (nSPS) is 20.5. The van der Waals surface area contributed by atoms with Gasteiger partial charge in [0.1, 0.15) is 0 Å². The fourth-order valence-corrected chi connectivity index (χ4v) is 8.23. The van der Waals surface area contributed by atoms with E-state index >= 15 is 0 Å². The number of hydrogen-bond acceptors (Lipinski definition) is 0. The second-order valence-electron chi connectivity index (χ2n) is 12.7. The molecule has 2 aromatic carbocycles. The summed E-state index contributed by atoms with van der Waals surface area (Å²) in [6.07, 6.45) is 5.08. The molecule has 0 nitrogen and oxygen atoms in total. The van der Waals surface area contributed by atoms with E-state index < -0.39 is 0 Å². The molecule has 0 amide bonds. The van der Waals surface area contributed by atoms with E-state index in [4.69, 9.17) is 0 Å². The minimum atomic E-state index is 0.219. The van der Waals surface area contributed by atoms with Gasteiger partial charge in [-0.3, -0.25) is 0 Å². The molecule has 0 N–H and O–H groups in total. The van der Waals surface area contributed by atoms with Gasteiger partial charge < -0.3 is 0 Å². The first-order valence-corrected chi connectivity index (χ1v) is 12.3. The van der Waals surface area contributed by atoms with Gasteiger partial charge in [-0.05, 0) is 164 Å². The molecule has 0 radical (unpaired) electrons. The predicted molar refractivity (Wildman–Crippen MR) is 136 cm³/mol. The average Bonchev–Trinajstić information content (AvgIpc) is 2.65. The van der Waals surface area contributed by atoms with Crippen molar-refractivity contribution < 1.29 is 0 Å². The standard InChI is InChI=1S/C31H44/c1-17-19(3)23(7)27-25(21(17)5)13-31(15-29(27,9)10)14-26-22(6)18(2)20(4)24(8)28(26)30(11,12)16-31/h13-16H2,1-12H3. The van der Waals surface area contributed by atoms with Gasteiger partial charge in [0.15, 0.2) is 0 Å². The average molecular weight is 417 g/mol. The van der Waals surface area contributed by atoms with Crippen LogP contribution in [0, 0.1) is 60.8 Å². The molecule has 4 rings (SSSR count). The van der Waals surface area contributed by atoms with Gasteiger partial charge in [0.05, 0.1) is 0 Å². The van der Waals surface area contributed by atoms with E-state index in [1.807, 2.05) is 0 Å². The zero-order valence-corrected chi connectivity index (χ0v) is 22.3. The van der Waals surface area contributed by atoms with E-state index in [0.29, 0.717) is 5.41 Å². The minimum Gasteiger partial charge on any atom is -0.0558 e. The van der Waals surface area contributed by atoms with Crippen molar-refractivity contribution in [2.24, 2.45) is 5.41 Å². The van der Waals surface area contributed by atoms with Gasteiger partial charge in [-0.15, -0.1) is 0 Å². The number of fused-ring (bicyclic) bond motifs is 2. The SMILES string of the molecule is Cc1c(C)c(C)c2c(c1C)CC1(Cc3c(C)c(C)c(C)c(C)c3C(C)(C)C1)CC2(C)C. The van der Waals surface area contributed by atoms with Crippen LogP contribution < -0.4 is 0 Å². The predicted octanol–water partition coefficient (Wildman–Crippen LogP) is 8.29. The fraction of sp³-hybridized carbons (Fsp3) is 0.613. The molecule has 0 atom stereocenters. The maximum atomic E-state index is 2.52. The molecule has 0 heterocycles. The van der Waals surface area contributed by atoms with Crippen LogP contribution in [0.4, 0.5) is 0 Å². The van der Waals surface area contributed by atoms with Crippen LogP contribution in [0.5, 0.6) is 0 Å². The molecule has 0 bridgehead atoms. The molecular formula is C31H44. The summed E-state index contributed by atoms with van der Waals surface area (Å²) in [5.74, 6) is 0. The zero-order chi connectivity index (χ0) is 23.3. The number of benzene rings is 2. The summed E-state index contributed by atoms with van der Waals surface area (Å²) in [6.45, 7) is 29.0. The Hall–Kier alpha value is -1.56. The highest BCUT2D eigenvalue weighted by atomic mass is 14.5. The lowest BCUT2D eigenvalue weighted by Crippen LogP contribution is -2.47. The van der Waals surface area contributed by atoms with Crippen molar-refractivity contribution in [3.63, 3.8) is 0 Å². The van der Waals surface area contributed by atoms with Crippen LogP contribution in [-0.4, -0.2) is 0 Å². The molecule has 0 heteroatoms. The van der Waals surface area contributed by atoms with Gasteiger partial charge >= 0.3 is 0 Å². The lowest BCUT2D eigenvalue weighted by Gasteiger charge is -2.54. The molecule has 2 aromatic rings. The van der Waals surface area contributed by atoms with Gasteiger partial charge in [-0.25, -0.2) is 0 Å². The Morgan fingerprint density at radius 2 is 0.710 bits per heavy atom. The molecule has 31 heavy (non-hydrogen) atoms. The van der Waals surface area contributed by atoms with Crippen molar-refractivity contribution in [2.45, 2.75) is 120 Å². The minimum absolute atomic E-state index is 0.219. The number of hydrogen-bond donors (Lipinski definition) is 0. The van der Waals surface area contributed by atoms with E-state index in [9.17, 15) is 0 Å². The maximum Gasteiger partial charge on any atom is -0.00925 e. The van der Waals surface area contributed by atoms with Gasteiger partial charge in [0, 0.05) is 0 Å². The fourth-order valence-electron chi connectivity index (χ4n) is 8.23. The highest BCUT2D eigenvalue weighted by Crippen LogP contribution is 2.58. The third-order valence-corrected chi connectivity index (χ3v) is 9.72. The quantitative estimate of drug-likeness (QED) is 0.405. The smallest absolute Gasteiger partial charge is 0.00925 e. The van der Waals surface area contributed by atoms with Crippen LogP contribution in [0.25, 0.3) is 0 Å². The van der Waals surface area contributed by atoms with Crippen molar-refractivity contribution >= 4 is 0 Å². The highest BCUT2D eigenvalue weighted by molar-refractivity contribution is 5.58. The molecule has 2 aliphatic rings. The Balaban J connectivity index is 1.97. The molecular weight excluding hydrogens is 372 g/mol. The van der Waals surface area contributed by atoms with Crippen molar-refractivity contribution in [3.05, 3.63) is 66.8 Å². The van der Waals surface area contributed by atoms with E-state index in [2.05, 4.69) is 83.1 Å². The van der Waals surface area contributed by atoms with Crippen LogP contribution >= 0.6 is 0 Å². The molecule has 0 saturated carbocycles. The molecule has 0 saturated heterocycles. The Morgan fingerprint density at radius 3 is 1.03 bits per heavy atom. The monoisotopic (exact) mass is 416 g/mol. The molecule has 0 fully saturated rings. The van der Waals surface area contributed by atoms with Crippen LogP contribution in [0.1, 0.15) is 107 Å². The summed E-state index contributed by atoms with van der Waals surface area (Å²) in [6, 6.07) is 0. The largest absolute Gasteiger partial charge is 0.0558 e. The third-order valence-electron chi connectivity index (χ3n) is 9.72. The van der Waals surface area contributed by atoms with Crippen LogP contribution in [0.15, 0.2) is 0 Å². The van der Waals surface area contributed by atoms with E-state index in [1.165, 1.54) is 47.9 Å². The first kappa shape index (κ1) is 22.6. The summed E-state index contributed by atoms with van der Waals surface area (Å²) in [5, 5.41) is 0. The Bertz CT molecular complexity index is 1010. The van der Waals surface area contributed by atoms with Crippen molar-refractivity contribution in [2.75, 3.05) is 0 Å². The second-order valence-corrected chi connectivity index (χ2v) is 12.7. The van der Waals surface area contributed by atoms with Crippen molar-refractivity contribution in [1.82, 2.24) is 0 Å². The summed E-state index contributed by atoms with van der Waals surface area (Å²) < 4.78 is 0. The zero-order valence-electron chi connectivity index (χ0n) is 22.3. The van der Waals surface area contributed by atoms with E-state index in [1.54, 1.807) is 44.5 Å². The van der Waals surface area contributed by atoms with E-state index in [0.717, 1.165) is 0 Å². The summed E-state index contributed by atoms with van der Waals surface area (Å²) in [7, 11) is 0. The Morgan fingerprint density at radius 1 is 0.419 bits per heavy atom. The van der Waals surface area contributed by atoms with Gasteiger partial charge in [0.2, 0.25) is 0 Å². The van der Waals surface area contributed by atoms with Gasteiger partial charge in [0.25, 0.3) is 0 Å². The first-order chi connectivity index (χ1) is 14.1. The lowest BCUT2D eigenvalue weighted by atomic mass is 9.50. The molecule has 1 spiro atoms. The van der Waals surface area contributed by atoms with Gasteiger partial charge in [-0.1, -0.05) is 27.7 Å². The molecule has 168 valence electrons. The van der Waals surface area contributed by atoms with Crippen LogP contribution in [0.3, 0.4) is 0 Å². The lowest BCUT2D eigenvalue weighted by molar-refractivity contribution is 0.116. The molecule has 2 aliphatic carbocycles. The third kappa shape index (κ3) is 3.07. The highest BCUT2D eigenvalue weighted by Gasteiger charge is 2.50. The van der Waals surface area contributed by atoms with E-state index in [-0.39, 0.29) is 10.8 Å². The first-order valence-electron chi connectivity index (χ1n) is 12.3. The van der Waals surface area contributed by atoms with Crippen LogP contribution in [-0.2, 0) is 23.7 Å².